The molecular formula is C34H33ClF3N7O2S. The first-order valence-corrected chi connectivity index (χ1v) is 17.0. The molecule has 0 bridgehead atoms. The number of thiophene rings is 1. The van der Waals surface area contributed by atoms with Gasteiger partial charge in [0.25, 0.3) is 0 Å². The van der Waals surface area contributed by atoms with E-state index >= 15 is 4.39 Å². The van der Waals surface area contributed by atoms with Crippen molar-refractivity contribution in [1.29, 1.82) is 5.26 Å². The van der Waals surface area contributed by atoms with Crippen LogP contribution in [-0.2, 0) is 4.79 Å². The van der Waals surface area contributed by atoms with Crippen LogP contribution in [0.1, 0.15) is 38.7 Å². The van der Waals surface area contributed by atoms with Crippen molar-refractivity contribution in [3.63, 3.8) is 0 Å². The number of ether oxygens (including phenoxy) is 1. The van der Waals surface area contributed by atoms with Crippen LogP contribution < -0.4 is 15.4 Å². The van der Waals surface area contributed by atoms with E-state index < -0.39 is 23.3 Å². The van der Waals surface area contributed by atoms with Crippen molar-refractivity contribution in [3.05, 3.63) is 53.1 Å². The number of rotatable bonds is 6. The molecule has 2 aromatic carbocycles. The molecule has 0 saturated carbocycles. The van der Waals surface area contributed by atoms with E-state index in [0.717, 1.165) is 30.7 Å². The lowest BCUT2D eigenvalue weighted by atomic mass is 9.95. The van der Waals surface area contributed by atoms with Crippen LogP contribution in [0.25, 0.3) is 32.1 Å². The smallest absolute Gasteiger partial charge is 0.319 e. The number of carbonyl (C=O) groups is 1. The van der Waals surface area contributed by atoms with Gasteiger partial charge < -0.3 is 20.3 Å². The molecule has 3 aliphatic rings. The Morgan fingerprint density at radius 3 is 2.81 bits per heavy atom. The van der Waals surface area contributed by atoms with Crippen LogP contribution in [0.3, 0.4) is 0 Å². The fourth-order valence-corrected chi connectivity index (χ4v) is 8.94. The summed E-state index contributed by atoms with van der Waals surface area (Å²) in [6, 6.07) is 5.59. The zero-order valence-electron chi connectivity index (χ0n) is 26.4. The molecule has 1 amide bonds. The number of nitrogens with two attached hydrogens (primary N) is 1. The van der Waals surface area contributed by atoms with Gasteiger partial charge in [0.2, 0.25) is 5.91 Å². The SMILES string of the molecule is C=CC(=O)N1C[C@H](C)N(c2nc(OC[C@@]34CCCN3C[C@H](F)C4)nc3c(F)c(-c4ccc(F)c5sc(N)c(C#N)c45)c(Cl)cc23)C[C@H]1C. The number of hydrogen-bond acceptors (Lipinski definition) is 9. The minimum atomic E-state index is -0.960. The van der Waals surface area contributed by atoms with E-state index in [1.807, 2.05) is 24.8 Å². The molecule has 14 heteroatoms. The van der Waals surface area contributed by atoms with Crippen molar-refractivity contribution in [2.45, 2.75) is 56.9 Å². The number of anilines is 2. The van der Waals surface area contributed by atoms with E-state index in [2.05, 4.69) is 16.5 Å². The van der Waals surface area contributed by atoms with Gasteiger partial charge in [-0.15, -0.1) is 11.3 Å². The molecule has 48 heavy (non-hydrogen) atoms. The summed E-state index contributed by atoms with van der Waals surface area (Å²) in [7, 11) is 0. The molecule has 2 aromatic heterocycles. The Balaban J connectivity index is 1.39. The van der Waals surface area contributed by atoms with Crippen molar-refractivity contribution in [2.75, 3.05) is 43.4 Å². The van der Waals surface area contributed by atoms with Gasteiger partial charge in [-0.25, -0.2) is 13.2 Å². The largest absolute Gasteiger partial charge is 0.461 e. The number of nitrogen functional groups attached to an aromatic ring is 1. The number of amides is 1. The Kier molecular flexibility index (Phi) is 8.17. The van der Waals surface area contributed by atoms with Gasteiger partial charge in [0.05, 0.1) is 20.8 Å². The Morgan fingerprint density at radius 2 is 2.06 bits per heavy atom. The maximum absolute atomic E-state index is 17.0. The van der Waals surface area contributed by atoms with E-state index in [1.165, 1.54) is 18.2 Å². The lowest BCUT2D eigenvalue weighted by Gasteiger charge is -2.44. The van der Waals surface area contributed by atoms with Crippen LogP contribution in [0.15, 0.2) is 30.9 Å². The van der Waals surface area contributed by atoms with Crippen molar-refractivity contribution in [3.8, 4) is 23.2 Å². The standard InChI is InChI=1S/C34H33ClF3N7O2S/c1-4-25(46)44-13-18(3)45(14-17(44)2)32-21-10-23(35)27(20-6-7-24(37)30-26(20)22(12-39)31(40)48-30)28(38)29(21)41-33(42-32)47-16-34-8-5-9-43(34)15-19(36)11-34/h4,6-7,10,17-19H,1,5,8-9,11,13-16,40H2,2-3H3/t17-,18+,19-,34+/m1/s1. The zero-order valence-corrected chi connectivity index (χ0v) is 28.0. The van der Waals surface area contributed by atoms with Crippen molar-refractivity contribution >= 4 is 60.7 Å². The van der Waals surface area contributed by atoms with Gasteiger partial charge in [-0.05, 0) is 57.0 Å². The molecule has 0 aliphatic carbocycles. The highest BCUT2D eigenvalue weighted by Crippen LogP contribution is 2.46. The van der Waals surface area contributed by atoms with Crippen LogP contribution in [0.5, 0.6) is 6.01 Å². The normalized spacial score (nSPS) is 24.3. The minimum absolute atomic E-state index is 0.00156. The number of alkyl halides is 1. The number of nitrogens with zero attached hydrogens (tertiary/aromatic N) is 6. The maximum Gasteiger partial charge on any atom is 0.319 e. The second-order valence-corrected chi connectivity index (χ2v) is 14.4. The van der Waals surface area contributed by atoms with Gasteiger partial charge in [0.1, 0.15) is 41.0 Å². The predicted molar refractivity (Wildman–Crippen MR) is 181 cm³/mol. The predicted octanol–water partition coefficient (Wildman–Crippen LogP) is 6.46. The van der Waals surface area contributed by atoms with Crippen LogP contribution in [-0.4, -0.2) is 82.3 Å². The van der Waals surface area contributed by atoms with Crippen molar-refractivity contribution in [1.82, 2.24) is 19.8 Å². The first kappa shape index (κ1) is 32.4. The topological polar surface area (TPSA) is 112 Å². The summed E-state index contributed by atoms with van der Waals surface area (Å²) in [5.41, 5.74) is 5.64. The molecular weight excluding hydrogens is 663 g/mol. The number of carbonyl (C=O) groups excluding carboxylic acids is 1. The van der Waals surface area contributed by atoms with Crippen LogP contribution >= 0.6 is 22.9 Å². The van der Waals surface area contributed by atoms with Crippen LogP contribution in [0.2, 0.25) is 5.02 Å². The summed E-state index contributed by atoms with van der Waals surface area (Å²) in [5, 5.41) is 10.5. The van der Waals surface area contributed by atoms with E-state index in [-0.39, 0.29) is 72.9 Å². The van der Waals surface area contributed by atoms with Gasteiger partial charge in [0, 0.05) is 54.5 Å². The maximum atomic E-state index is 17.0. The van der Waals surface area contributed by atoms with Crippen LogP contribution in [0.4, 0.5) is 24.0 Å². The number of aromatic nitrogens is 2. The highest BCUT2D eigenvalue weighted by Gasteiger charge is 2.49. The third-order valence-electron chi connectivity index (χ3n) is 9.99. The van der Waals surface area contributed by atoms with Gasteiger partial charge in [0.15, 0.2) is 5.82 Å². The summed E-state index contributed by atoms with van der Waals surface area (Å²) >= 11 is 7.76. The van der Waals surface area contributed by atoms with Crippen molar-refractivity contribution < 1.29 is 22.7 Å². The lowest BCUT2D eigenvalue weighted by Crippen LogP contribution is -2.58. The van der Waals surface area contributed by atoms with Gasteiger partial charge >= 0.3 is 6.01 Å². The quantitative estimate of drug-likeness (QED) is 0.229. The Morgan fingerprint density at radius 1 is 1.27 bits per heavy atom. The van der Waals surface area contributed by atoms with Crippen LogP contribution in [0, 0.1) is 23.0 Å². The fraction of sp³-hybridized carbons (Fsp3) is 0.412. The summed E-state index contributed by atoms with van der Waals surface area (Å²) in [4.78, 5) is 27.7. The average molecular weight is 696 g/mol. The molecule has 0 radical (unpaired) electrons. The second kappa shape index (κ2) is 12.1. The summed E-state index contributed by atoms with van der Waals surface area (Å²) in [5.74, 6) is -1.22. The number of piperazine rings is 1. The number of hydrogen-bond donors (Lipinski definition) is 1. The molecule has 0 unspecified atom stereocenters. The average Bonchev–Trinajstić information content (AvgIpc) is 3.70. The van der Waals surface area contributed by atoms with Crippen molar-refractivity contribution in [2.24, 2.45) is 0 Å². The Bertz CT molecular complexity index is 2040. The van der Waals surface area contributed by atoms with Gasteiger partial charge in [-0.1, -0.05) is 24.2 Å². The Hall–Kier alpha value is -4.12. The Labute approximate surface area is 284 Å². The van der Waals surface area contributed by atoms with Gasteiger partial charge in [-0.2, -0.15) is 15.2 Å². The summed E-state index contributed by atoms with van der Waals surface area (Å²) < 4.78 is 52.8. The third-order valence-corrected chi connectivity index (χ3v) is 11.3. The molecule has 9 nitrogen and oxygen atoms in total. The second-order valence-electron chi connectivity index (χ2n) is 12.9. The molecule has 4 atom stereocenters. The number of nitriles is 1. The molecule has 3 saturated heterocycles. The zero-order chi connectivity index (χ0) is 34.1. The molecule has 3 fully saturated rings. The first-order valence-electron chi connectivity index (χ1n) is 15.8. The van der Waals surface area contributed by atoms with E-state index in [4.69, 9.17) is 27.1 Å². The first-order chi connectivity index (χ1) is 23.0. The highest BCUT2D eigenvalue weighted by molar-refractivity contribution is 7.23. The molecule has 2 N–H and O–H groups in total. The molecule has 5 heterocycles. The molecule has 0 spiro atoms. The van der Waals surface area contributed by atoms with Gasteiger partial charge in [-0.3, -0.25) is 9.69 Å². The van der Waals surface area contributed by atoms with E-state index in [1.54, 1.807) is 11.0 Å². The summed E-state index contributed by atoms with van der Waals surface area (Å²) in [6.07, 6.45) is 2.34. The molecule has 4 aromatic rings. The summed E-state index contributed by atoms with van der Waals surface area (Å²) in [6.45, 7) is 9.45. The lowest BCUT2D eigenvalue weighted by molar-refractivity contribution is -0.128. The number of halogens is 4. The third kappa shape index (κ3) is 5.12. The van der Waals surface area contributed by atoms with E-state index in [9.17, 15) is 18.8 Å². The molecule has 7 rings (SSSR count). The molecule has 3 aliphatic heterocycles. The highest BCUT2D eigenvalue weighted by atomic mass is 35.5. The molecule has 250 valence electrons. The fourth-order valence-electron chi connectivity index (χ4n) is 7.69. The number of benzene rings is 2. The van der Waals surface area contributed by atoms with E-state index in [0.29, 0.717) is 37.3 Å². The monoisotopic (exact) mass is 695 g/mol. The number of fused-ring (bicyclic) bond motifs is 3. The minimum Gasteiger partial charge on any atom is -0.461 e.